The summed E-state index contributed by atoms with van der Waals surface area (Å²) in [6, 6.07) is 11.4. The van der Waals surface area contributed by atoms with Gasteiger partial charge in [0.2, 0.25) is 0 Å². The number of carbonyl (C=O) groups excluding carboxylic acids is 1. The van der Waals surface area contributed by atoms with Gasteiger partial charge in [-0.3, -0.25) is 0 Å². The van der Waals surface area contributed by atoms with Crippen molar-refractivity contribution in [2.75, 3.05) is 26.1 Å². The number of carbonyl (C=O) groups is 1. The van der Waals surface area contributed by atoms with E-state index in [9.17, 15) is 9.90 Å². The van der Waals surface area contributed by atoms with Crippen LogP contribution in [0.5, 0.6) is 11.5 Å². The van der Waals surface area contributed by atoms with Crippen LogP contribution >= 0.6 is 0 Å². The minimum absolute atomic E-state index is 0.109. The van der Waals surface area contributed by atoms with Crippen molar-refractivity contribution >= 4 is 23.8 Å². The lowest BCUT2D eigenvalue weighted by Gasteiger charge is -2.17. The summed E-state index contributed by atoms with van der Waals surface area (Å²) >= 11 is 0. The van der Waals surface area contributed by atoms with Gasteiger partial charge in [0.05, 0.1) is 14.2 Å². The van der Waals surface area contributed by atoms with Gasteiger partial charge in [-0.15, -0.1) is 0 Å². The van der Waals surface area contributed by atoms with Crippen LogP contribution in [0.1, 0.15) is 41.8 Å². The van der Waals surface area contributed by atoms with E-state index >= 15 is 0 Å². The Hall–Kier alpha value is -2.95. The summed E-state index contributed by atoms with van der Waals surface area (Å²) in [5.74, 6) is 0.211. The first kappa shape index (κ1) is 20.4. The highest BCUT2D eigenvalue weighted by Crippen LogP contribution is 2.40. The second-order valence-corrected chi connectivity index (χ2v) is 6.61. The van der Waals surface area contributed by atoms with Gasteiger partial charge in [0.1, 0.15) is 17.0 Å². The quantitative estimate of drug-likeness (QED) is 0.397. The van der Waals surface area contributed by atoms with Crippen LogP contribution in [0.2, 0.25) is 0 Å². The average Bonchev–Trinajstić information content (AvgIpc) is 2.67. The van der Waals surface area contributed by atoms with Gasteiger partial charge in [-0.1, -0.05) is 56.3 Å². The van der Waals surface area contributed by atoms with Gasteiger partial charge in [-0.25, -0.2) is 4.79 Å². The molecule has 0 atom stereocenters. The molecule has 5 nitrogen and oxygen atoms in total. The average molecular weight is 369 g/mol. The Morgan fingerprint density at radius 3 is 2.48 bits per heavy atom. The summed E-state index contributed by atoms with van der Waals surface area (Å²) < 4.78 is 10.3. The third-order valence-electron chi connectivity index (χ3n) is 4.18. The second kappa shape index (κ2) is 9.67. The molecule has 0 bridgehead atoms. The molecule has 5 heteroatoms. The van der Waals surface area contributed by atoms with Crippen molar-refractivity contribution in [3.63, 3.8) is 0 Å². The summed E-state index contributed by atoms with van der Waals surface area (Å²) in [4.78, 5) is 12.3. The van der Waals surface area contributed by atoms with E-state index in [2.05, 4.69) is 19.2 Å². The molecule has 0 saturated heterocycles. The first-order valence-corrected chi connectivity index (χ1v) is 8.97. The Kier molecular flexibility index (Phi) is 7.29. The molecule has 0 heterocycles. The molecule has 0 unspecified atom stereocenters. The Balaban J connectivity index is 2.47. The van der Waals surface area contributed by atoms with Crippen molar-refractivity contribution in [1.29, 1.82) is 0 Å². The molecule has 0 saturated carbocycles. The predicted molar refractivity (Wildman–Crippen MR) is 109 cm³/mol. The van der Waals surface area contributed by atoms with E-state index < -0.39 is 5.97 Å². The Bertz CT molecular complexity index is 798. The SMILES string of the molecule is COC(=O)c1c(/C=C/c2ccccc2)cc(OC)c(NCCC(C)C)c1O. The van der Waals surface area contributed by atoms with Crippen LogP contribution in [0.3, 0.4) is 0 Å². The number of benzene rings is 2. The zero-order valence-corrected chi connectivity index (χ0v) is 16.3. The standard InChI is InChI=1S/C22H27NO4/c1-15(2)12-13-23-20-18(26-3)14-17(19(21(20)24)22(25)27-4)11-10-16-8-6-5-7-9-16/h5-11,14-15,23-24H,12-13H2,1-4H3/b11-10+. The zero-order chi connectivity index (χ0) is 19.8. The molecule has 2 aromatic carbocycles. The highest BCUT2D eigenvalue weighted by molar-refractivity contribution is 6.00. The molecule has 0 aliphatic heterocycles. The number of aromatic hydroxyl groups is 1. The molecule has 27 heavy (non-hydrogen) atoms. The molecule has 2 rings (SSSR count). The van der Waals surface area contributed by atoms with Crippen molar-refractivity contribution in [1.82, 2.24) is 0 Å². The maximum atomic E-state index is 12.3. The van der Waals surface area contributed by atoms with E-state index in [-0.39, 0.29) is 11.3 Å². The number of esters is 1. The number of hydrogen-bond donors (Lipinski definition) is 2. The third kappa shape index (κ3) is 5.26. The topological polar surface area (TPSA) is 67.8 Å². The Morgan fingerprint density at radius 2 is 1.89 bits per heavy atom. The summed E-state index contributed by atoms with van der Waals surface area (Å²) in [5, 5.41) is 13.9. The van der Waals surface area contributed by atoms with Crippen molar-refractivity contribution in [3.05, 3.63) is 53.1 Å². The van der Waals surface area contributed by atoms with E-state index in [0.29, 0.717) is 29.5 Å². The number of rotatable bonds is 8. The molecule has 0 aromatic heterocycles. The zero-order valence-electron chi connectivity index (χ0n) is 16.3. The molecule has 0 fully saturated rings. The fourth-order valence-corrected chi connectivity index (χ4v) is 2.68. The number of nitrogens with one attached hydrogen (secondary N) is 1. The first-order valence-electron chi connectivity index (χ1n) is 8.97. The third-order valence-corrected chi connectivity index (χ3v) is 4.18. The van der Waals surface area contributed by atoms with Crippen LogP contribution < -0.4 is 10.1 Å². The van der Waals surface area contributed by atoms with Gasteiger partial charge in [-0.05, 0) is 29.5 Å². The van der Waals surface area contributed by atoms with Crippen LogP contribution in [0.15, 0.2) is 36.4 Å². The molecule has 0 aliphatic rings. The largest absolute Gasteiger partial charge is 0.505 e. The van der Waals surface area contributed by atoms with Gasteiger partial charge < -0.3 is 19.9 Å². The number of anilines is 1. The number of ether oxygens (including phenoxy) is 2. The maximum Gasteiger partial charge on any atom is 0.342 e. The maximum absolute atomic E-state index is 12.3. The molecule has 2 aromatic rings. The highest BCUT2D eigenvalue weighted by Gasteiger charge is 2.23. The van der Waals surface area contributed by atoms with Crippen LogP contribution in [-0.2, 0) is 4.74 Å². The molecule has 0 radical (unpaired) electrons. The summed E-state index contributed by atoms with van der Waals surface area (Å²) in [5.41, 5.74) is 2.01. The molecule has 0 amide bonds. The van der Waals surface area contributed by atoms with Crippen molar-refractivity contribution < 1.29 is 19.4 Å². The van der Waals surface area contributed by atoms with E-state index in [1.807, 2.05) is 36.4 Å². The molecule has 2 N–H and O–H groups in total. The van der Waals surface area contributed by atoms with Crippen molar-refractivity contribution in [2.24, 2.45) is 5.92 Å². The van der Waals surface area contributed by atoms with E-state index in [1.54, 1.807) is 12.1 Å². The fourth-order valence-electron chi connectivity index (χ4n) is 2.68. The molecular formula is C22H27NO4. The second-order valence-electron chi connectivity index (χ2n) is 6.61. The van der Waals surface area contributed by atoms with Gasteiger partial charge in [0, 0.05) is 6.54 Å². The molecule has 144 valence electrons. The van der Waals surface area contributed by atoms with Crippen LogP contribution in [0.25, 0.3) is 12.2 Å². The lowest BCUT2D eigenvalue weighted by molar-refractivity contribution is 0.0597. The lowest BCUT2D eigenvalue weighted by atomic mass is 10.0. The molecule has 0 spiro atoms. The number of phenolic OH excluding ortho intramolecular Hbond substituents is 1. The van der Waals surface area contributed by atoms with Gasteiger partial charge in [-0.2, -0.15) is 0 Å². The van der Waals surface area contributed by atoms with E-state index in [0.717, 1.165) is 12.0 Å². The number of hydrogen-bond acceptors (Lipinski definition) is 5. The fraction of sp³-hybridized carbons (Fsp3) is 0.318. The number of methoxy groups -OCH3 is 2. The predicted octanol–water partition coefficient (Wildman–Crippen LogP) is 4.82. The van der Waals surface area contributed by atoms with Crippen molar-refractivity contribution in [2.45, 2.75) is 20.3 Å². The van der Waals surface area contributed by atoms with Gasteiger partial charge in [0.15, 0.2) is 5.75 Å². The first-order chi connectivity index (χ1) is 13.0. The summed E-state index contributed by atoms with van der Waals surface area (Å²) in [7, 11) is 2.83. The van der Waals surface area contributed by atoms with Gasteiger partial charge in [0.25, 0.3) is 0 Å². The highest BCUT2D eigenvalue weighted by atomic mass is 16.5. The van der Waals surface area contributed by atoms with E-state index in [1.165, 1.54) is 14.2 Å². The molecular weight excluding hydrogens is 342 g/mol. The smallest absolute Gasteiger partial charge is 0.342 e. The molecule has 0 aliphatic carbocycles. The Labute approximate surface area is 160 Å². The summed E-state index contributed by atoms with van der Waals surface area (Å²) in [6.07, 6.45) is 4.56. The van der Waals surface area contributed by atoms with Crippen LogP contribution in [0, 0.1) is 5.92 Å². The number of phenols is 1. The normalized spacial score (nSPS) is 11.0. The monoisotopic (exact) mass is 369 g/mol. The Morgan fingerprint density at radius 1 is 1.19 bits per heavy atom. The minimum atomic E-state index is -0.602. The van der Waals surface area contributed by atoms with Crippen molar-refractivity contribution in [3.8, 4) is 11.5 Å². The minimum Gasteiger partial charge on any atom is -0.505 e. The van der Waals surface area contributed by atoms with Gasteiger partial charge >= 0.3 is 5.97 Å². The van der Waals surface area contributed by atoms with E-state index in [4.69, 9.17) is 9.47 Å². The van der Waals surface area contributed by atoms with Crippen LogP contribution in [-0.4, -0.2) is 31.8 Å². The van der Waals surface area contributed by atoms with Crippen LogP contribution in [0.4, 0.5) is 5.69 Å². The lowest BCUT2D eigenvalue weighted by Crippen LogP contribution is -2.10. The summed E-state index contributed by atoms with van der Waals surface area (Å²) in [6.45, 7) is 4.90.